The van der Waals surface area contributed by atoms with E-state index in [9.17, 15) is 0 Å². The highest BCUT2D eigenvalue weighted by atomic mass is 14.8. The van der Waals surface area contributed by atoms with Gasteiger partial charge in [0.15, 0.2) is 0 Å². The molecule has 0 aliphatic rings. The van der Waals surface area contributed by atoms with Gasteiger partial charge in [-0.05, 0) is 18.4 Å². The molecule has 1 rings (SSSR count). The van der Waals surface area contributed by atoms with Crippen LogP contribution in [0.3, 0.4) is 0 Å². The predicted octanol–water partition coefficient (Wildman–Crippen LogP) is 1.56. The van der Waals surface area contributed by atoms with Crippen molar-refractivity contribution in [2.75, 3.05) is 0 Å². The van der Waals surface area contributed by atoms with Crippen LogP contribution in [0.4, 0.5) is 0 Å². The van der Waals surface area contributed by atoms with E-state index in [0.29, 0.717) is 5.92 Å². The smallest absolute Gasteiger partial charge is 0.115 e. The van der Waals surface area contributed by atoms with Crippen molar-refractivity contribution in [2.24, 2.45) is 11.7 Å². The van der Waals surface area contributed by atoms with Crippen LogP contribution in [0.1, 0.15) is 32.2 Å². The quantitative estimate of drug-likeness (QED) is 0.789. The van der Waals surface area contributed by atoms with Crippen molar-refractivity contribution in [1.82, 2.24) is 9.97 Å². The fraction of sp³-hybridized carbons (Fsp3) is 0.636. The van der Waals surface area contributed by atoms with Crippen molar-refractivity contribution >= 4 is 0 Å². The summed E-state index contributed by atoms with van der Waals surface area (Å²) in [6.45, 7) is 6.35. The summed E-state index contributed by atoms with van der Waals surface area (Å²) < 4.78 is 0. The second kappa shape index (κ2) is 5.05. The zero-order valence-electron chi connectivity index (χ0n) is 9.20. The maximum Gasteiger partial charge on any atom is 0.115 e. The van der Waals surface area contributed by atoms with Gasteiger partial charge in [-0.1, -0.05) is 20.8 Å². The van der Waals surface area contributed by atoms with E-state index in [2.05, 4.69) is 30.7 Å². The van der Waals surface area contributed by atoms with E-state index in [4.69, 9.17) is 5.73 Å². The van der Waals surface area contributed by atoms with Crippen molar-refractivity contribution in [3.63, 3.8) is 0 Å². The third kappa shape index (κ3) is 3.07. The van der Waals surface area contributed by atoms with Gasteiger partial charge in [0.2, 0.25) is 0 Å². The van der Waals surface area contributed by atoms with Crippen LogP contribution in [0, 0.1) is 5.92 Å². The maximum atomic E-state index is 5.98. The molecule has 1 aromatic rings. The zero-order valence-corrected chi connectivity index (χ0v) is 9.20. The number of aromatic nitrogens is 2. The number of nitrogens with zero attached hydrogens (tertiary/aromatic N) is 2. The molecule has 0 amide bonds. The molecule has 1 heterocycles. The van der Waals surface area contributed by atoms with Gasteiger partial charge >= 0.3 is 0 Å². The molecule has 0 saturated heterocycles. The van der Waals surface area contributed by atoms with Gasteiger partial charge in [0.25, 0.3) is 0 Å². The summed E-state index contributed by atoms with van der Waals surface area (Å²) in [7, 11) is 0. The molecule has 0 aliphatic carbocycles. The van der Waals surface area contributed by atoms with Crippen LogP contribution in [0.15, 0.2) is 12.4 Å². The minimum absolute atomic E-state index is 0.189. The molecule has 3 nitrogen and oxygen atoms in total. The minimum Gasteiger partial charge on any atom is -0.327 e. The third-order valence-electron chi connectivity index (χ3n) is 2.44. The van der Waals surface area contributed by atoms with E-state index in [-0.39, 0.29) is 6.04 Å². The van der Waals surface area contributed by atoms with Gasteiger partial charge in [-0.2, -0.15) is 0 Å². The van der Waals surface area contributed by atoms with Gasteiger partial charge in [-0.15, -0.1) is 0 Å². The van der Waals surface area contributed by atoms with E-state index in [0.717, 1.165) is 24.2 Å². The molecular weight excluding hydrogens is 174 g/mol. The van der Waals surface area contributed by atoms with Crippen molar-refractivity contribution in [3.05, 3.63) is 23.8 Å². The maximum absolute atomic E-state index is 5.98. The lowest BCUT2D eigenvalue weighted by molar-refractivity contribution is 0.486. The highest BCUT2D eigenvalue weighted by Gasteiger charge is 2.09. The van der Waals surface area contributed by atoms with Gasteiger partial charge in [0.05, 0.1) is 0 Å². The predicted molar refractivity (Wildman–Crippen MR) is 57.9 cm³/mol. The highest BCUT2D eigenvalue weighted by Crippen LogP contribution is 2.07. The minimum atomic E-state index is 0.189. The normalized spacial score (nSPS) is 13.2. The molecule has 14 heavy (non-hydrogen) atoms. The van der Waals surface area contributed by atoms with Crippen LogP contribution in [0.2, 0.25) is 0 Å². The van der Waals surface area contributed by atoms with E-state index in [1.165, 1.54) is 0 Å². The fourth-order valence-electron chi connectivity index (χ4n) is 1.23. The number of aryl methyl sites for hydroxylation is 1. The molecule has 3 heteroatoms. The SMILES string of the molecule is CCc1cc(CC(N)C(C)C)ncn1. The van der Waals surface area contributed by atoms with E-state index in [1.54, 1.807) is 6.33 Å². The number of rotatable bonds is 4. The van der Waals surface area contributed by atoms with Crippen molar-refractivity contribution < 1.29 is 0 Å². The second-order valence-corrected chi connectivity index (χ2v) is 3.97. The molecule has 0 radical (unpaired) electrons. The first-order valence-electron chi connectivity index (χ1n) is 5.18. The van der Waals surface area contributed by atoms with Crippen LogP contribution in [-0.4, -0.2) is 16.0 Å². The lowest BCUT2D eigenvalue weighted by Gasteiger charge is -2.14. The molecule has 1 unspecified atom stereocenters. The van der Waals surface area contributed by atoms with Gasteiger partial charge in [0, 0.05) is 23.9 Å². The Labute approximate surface area is 85.8 Å². The number of nitrogens with two attached hydrogens (primary N) is 1. The molecule has 0 aliphatic heterocycles. The Balaban J connectivity index is 2.66. The molecular formula is C11H19N3. The van der Waals surface area contributed by atoms with E-state index < -0.39 is 0 Å². The molecule has 0 bridgehead atoms. The Morgan fingerprint density at radius 3 is 2.50 bits per heavy atom. The third-order valence-corrected chi connectivity index (χ3v) is 2.44. The Hall–Kier alpha value is -0.960. The van der Waals surface area contributed by atoms with Gasteiger partial charge < -0.3 is 5.73 Å². The summed E-state index contributed by atoms with van der Waals surface area (Å²) in [4.78, 5) is 8.38. The molecule has 0 saturated carbocycles. The first kappa shape index (κ1) is 11.1. The lowest BCUT2D eigenvalue weighted by Crippen LogP contribution is -2.29. The van der Waals surface area contributed by atoms with E-state index in [1.807, 2.05) is 6.07 Å². The first-order valence-corrected chi connectivity index (χ1v) is 5.18. The summed E-state index contributed by atoms with van der Waals surface area (Å²) in [5.74, 6) is 0.495. The summed E-state index contributed by atoms with van der Waals surface area (Å²) in [6.07, 6.45) is 3.42. The van der Waals surface area contributed by atoms with Crippen LogP contribution in [0.25, 0.3) is 0 Å². The number of hydrogen-bond acceptors (Lipinski definition) is 3. The van der Waals surface area contributed by atoms with Gasteiger partial charge in [-0.3, -0.25) is 0 Å². The van der Waals surface area contributed by atoms with Crippen LogP contribution in [-0.2, 0) is 12.8 Å². The highest BCUT2D eigenvalue weighted by molar-refractivity contribution is 5.09. The average molecular weight is 193 g/mol. The Bertz CT molecular complexity index is 284. The molecule has 0 spiro atoms. The van der Waals surface area contributed by atoms with Crippen LogP contribution in [0.5, 0.6) is 0 Å². The monoisotopic (exact) mass is 193 g/mol. The molecule has 2 N–H and O–H groups in total. The van der Waals surface area contributed by atoms with Crippen LogP contribution < -0.4 is 5.73 Å². The average Bonchev–Trinajstić information content (AvgIpc) is 2.18. The van der Waals surface area contributed by atoms with E-state index >= 15 is 0 Å². The molecule has 0 fully saturated rings. The molecule has 1 aromatic heterocycles. The second-order valence-electron chi connectivity index (χ2n) is 3.97. The summed E-state index contributed by atoms with van der Waals surface area (Å²) in [5.41, 5.74) is 8.12. The summed E-state index contributed by atoms with van der Waals surface area (Å²) >= 11 is 0. The Kier molecular flexibility index (Phi) is 4.01. The van der Waals surface area contributed by atoms with Crippen molar-refractivity contribution in [3.8, 4) is 0 Å². The topological polar surface area (TPSA) is 51.8 Å². The Morgan fingerprint density at radius 2 is 1.93 bits per heavy atom. The fourth-order valence-corrected chi connectivity index (χ4v) is 1.23. The Morgan fingerprint density at radius 1 is 1.29 bits per heavy atom. The number of hydrogen-bond donors (Lipinski definition) is 1. The van der Waals surface area contributed by atoms with Gasteiger partial charge in [0.1, 0.15) is 6.33 Å². The largest absolute Gasteiger partial charge is 0.327 e. The first-order chi connectivity index (χ1) is 6.63. The summed E-state index contributed by atoms with van der Waals surface area (Å²) in [5, 5.41) is 0. The molecule has 0 aromatic carbocycles. The molecule has 1 atom stereocenters. The molecule has 78 valence electrons. The van der Waals surface area contributed by atoms with Crippen LogP contribution >= 0.6 is 0 Å². The van der Waals surface area contributed by atoms with Gasteiger partial charge in [-0.25, -0.2) is 9.97 Å². The standard InChI is InChI=1S/C11H19N3/c1-4-9-5-10(14-7-13-9)6-11(12)8(2)3/h5,7-8,11H,4,6,12H2,1-3H3. The zero-order chi connectivity index (χ0) is 10.6. The summed E-state index contributed by atoms with van der Waals surface area (Å²) in [6, 6.07) is 2.23. The van der Waals surface area contributed by atoms with Crippen molar-refractivity contribution in [2.45, 2.75) is 39.7 Å². The van der Waals surface area contributed by atoms with Crippen molar-refractivity contribution in [1.29, 1.82) is 0 Å². The lowest BCUT2D eigenvalue weighted by atomic mass is 10.00.